The maximum Gasteiger partial charge on any atom is 0.737 e. The number of benzene rings is 2. The van der Waals surface area contributed by atoms with Gasteiger partial charge in [-0.25, -0.2) is 16.8 Å². The van der Waals surface area contributed by atoms with Gasteiger partial charge < -0.3 is 0 Å². The highest BCUT2D eigenvalue weighted by Gasteiger charge is 2.30. The molecule has 24 heavy (non-hydrogen) atoms. The maximum atomic E-state index is 11.8. The second kappa shape index (κ2) is 7.90. The van der Waals surface area contributed by atoms with Crippen molar-refractivity contribution in [3.63, 3.8) is 0 Å². The van der Waals surface area contributed by atoms with E-state index in [0.717, 1.165) is 0 Å². The first-order valence-corrected chi connectivity index (χ1v) is 10.3. The van der Waals surface area contributed by atoms with Gasteiger partial charge in [-0.15, -0.1) is 0 Å². The first kappa shape index (κ1) is 18.6. The molecule has 0 spiro atoms. The molecule has 0 amide bonds. The molecule has 9 nitrogen and oxygen atoms in total. The molecular formula is C12H12N2O7PS2+. The highest BCUT2D eigenvalue weighted by atomic mass is 32.2. The SMILES string of the molecule is O=[P+](ONS(=O)(=O)c1ccccc1)ONS(=O)(=O)c1ccccc1. The van der Waals surface area contributed by atoms with Crippen LogP contribution in [0.4, 0.5) is 0 Å². The van der Waals surface area contributed by atoms with Crippen molar-refractivity contribution in [1.82, 2.24) is 9.77 Å². The monoisotopic (exact) mass is 391 g/mol. The standard InChI is InChI=1S/C12H12N2O7PS2/c15-22(20-13-23(16,17)11-7-3-1-4-8-11)21-14-24(18,19)12-9-5-2-6-10-12/h1-10,13-14H/q+1. The average Bonchev–Trinajstić information content (AvgIpc) is 2.60. The van der Waals surface area contributed by atoms with Crippen LogP contribution in [0, 0.1) is 0 Å². The lowest BCUT2D eigenvalue weighted by atomic mass is 10.4. The van der Waals surface area contributed by atoms with Gasteiger partial charge in [0.05, 0.1) is 9.79 Å². The zero-order valence-corrected chi connectivity index (χ0v) is 14.4. The number of sulfonamides is 2. The lowest BCUT2D eigenvalue weighted by molar-refractivity contribution is 0.180. The fraction of sp³-hybridized carbons (Fsp3) is 0. The highest BCUT2D eigenvalue weighted by molar-refractivity contribution is 7.89. The number of hydrogen-bond acceptors (Lipinski definition) is 7. The summed E-state index contributed by atoms with van der Waals surface area (Å²) < 4.78 is 67.3. The molecule has 0 aliphatic heterocycles. The molecule has 0 atom stereocenters. The molecule has 2 aromatic carbocycles. The second-order valence-corrected chi connectivity index (χ2v) is 8.31. The van der Waals surface area contributed by atoms with Crippen LogP contribution in [-0.4, -0.2) is 16.8 Å². The minimum atomic E-state index is -4.07. The first-order chi connectivity index (χ1) is 11.3. The fourth-order valence-corrected chi connectivity index (χ4v) is 4.01. The van der Waals surface area contributed by atoms with E-state index in [1.807, 2.05) is 0 Å². The maximum absolute atomic E-state index is 11.8. The Kier molecular flexibility index (Phi) is 6.13. The van der Waals surface area contributed by atoms with Crippen molar-refractivity contribution in [2.75, 3.05) is 0 Å². The molecule has 0 radical (unpaired) electrons. The minimum Gasteiger partial charge on any atom is -0.205 e. The van der Waals surface area contributed by atoms with Crippen molar-refractivity contribution in [2.24, 2.45) is 0 Å². The third-order valence-corrected chi connectivity index (χ3v) is 5.67. The number of nitrogens with one attached hydrogen (secondary N) is 2. The summed E-state index contributed by atoms with van der Waals surface area (Å²) in [6.45, 7) is 0. The summed E-state index contributed by atoms with van der Waals surface area (Å²) in [5, 5.41) is 0. The molecule has 0 aromatic heterocycles. The van der Waals surface area contributed by atoms with Crippen molar-refractivity contribution in [3.05, 3.63) is 60.7 Å². The summed E-state index contributed by atoms with van der Waals surface area (Å²) >= 11 is 0. The third-order valence-electron chi connectivity index (χ3n) is 2.55. The van der Waals surface area contributed by atoms with Crippen LogP contribution in [0.5, 0.6) is 0 Å². The van der Waals surface area contributed by atoms with Crippen LogP contribution >= 0.6 is 8.25 Å². The molecule has 12 heteroatoms. The van der Waals surface area contributed by atoms with Crippen molar-refractivity contribution >= 4 is 28.3 Å². The van der Waals surface area contributed by atoms with Gasteiger partial charge in [0.1, 0.15) is 0 Å². The third kappa shape index (κ3) is 5.14. The van der Waals surface area contributed by atoms with E-state index in [2.05, 4.69) is 9.25 Å². The molecule has 2 N–H and O–H groups in total. The van der Waals surface area contributed by atoms with E-state index in [-0.39, 0.29) is 9.79 Å². The zero-order chi connectivity index (χ0) is 17.6. The quantitative estimate of drug-likeness (QED) is 0.515. The van der Waals surface area contributed by atoms with Crippen LogP contribution in [-0.2, 0) is 33.9 Å². The molecule has 0 bridgehead atoms. The summed E-state index contributed by atoms with van der Waals surface area (Å²) in [7, 11) is -11.3. The predicted molar refractivity (Wildman–Crippen MR) is 83.3 cm³/mol. The summed E-state index contributed by atoms with van der Waals surface area (Å²) in [6.07, 6.45) is 0. The van der Waals surface area contributed by atoms with E-state index in [0.29, 0.717) is 0 Å². The second-order valence-electron chi connectivity index (χ2n) is 4.21. The Morgan fingerprint density at radius 1 is 0.667 bits per heavy atom. The molecule has 0 aliphatic rings. The van der Waals surface area contributed by atoms with Gasteiger partial charge in [-0.2, -0.15) is 0 Å². The van der Waals surface area contributed by atoms with E-state index >= 15 is 0 Å². The minimum absolute atomic E-state index is 0.127. The zero-order valence-electron chi connectivity index (χ0n) is 11.9. The van der Waals surface area contributed by atoms with Crippen LogP contribution in [0.25, 0.3) is 0 Å². The first-order valence-electron chi connectivity index (χ1n) is 6.26. The lowest BCUT2D eigenvalue weighted by Crippen LogP contribution is -2.25. The van der Waals surface area contributed by atoms with E-state index in [1.165, 1.54) is 48.5 Å². The molecule has 0 heterocycles. The molecule has 0 aliphatic carbocycles. The van der Waals surface area contributed by atoms with Gasteiger partial charge >= 0.3 is 8.25 Å². The topological polar surface area (TPSA) is 128 Å². The highest BCUT2D eigenvalue weighted by Crippen LogP contribution is 2.22. The molecule has 0 fully saturated rings. The van der Waals surface area contributed by atoms with Gasteiger partial charge in [0, 0.05) is 4.57 Å². The Labute approximate surface area is 139 Å². The summed E-state index contributed by atoms with van der Waals surface area (Å²) in [5.41, 5.74) is 0. The van der Waals surface area contributed by atoms with Crippen molar-refractivity contribution in [3.8, 4) is 0 Å². The Hall–Kier alpha value is -1.72. The largest absolute Gasteiger partial charge is 0.737 e. The van der Waals surface area contributed by atoms with Crippen molar-refractivity contribution in [1.29, 1.82) is 0 Å². The number of hydrogen-bond donors (Lipinski definition) is 2. The molecular weight excluding hydrogens is 379 g/mol. The van der Waals surface area contributed by atoms with E-state index in [1.54, 1.807) is 21.9 Å². The number of rotatable bonds is 8. The Balaban J connectivity index is 1.90. The van der Waals surface area contributed by atoms with Gasteiger partial charge in [-0.05, 0) is 43.3 Å². The molecule has 2 rings (SSSR count). The Morgan fingerprint density at radius 3 is 1.33 bits per heavy atom. The van der Waals surface area contributed by atoms with Crippen molar-refractivity contribution in [2.45, 2.75) is 9.79 Å². The molecule has 128 valence electrons. The molecule has 0 saturated carbocycles. The van der Waals surface area contributed by atoms with Gasteiger partial charge in [0.15, 0.2) is 0 Å². The van der Waals surface area contributed by atoms with E-state index < -0.39 is 28.3 Å². The summed E-state index contributed by atoms with van der Waals surface area (Å²) in [5.74, 6) is 0. The van der Waals surface area contributed by atoms with Crippen LogP contribution in [0.15, 0.2) is 70.5 Å². The Bertz CT molecular complexity index is 827. The van der Waals surface area contributed by atoms with Gasteiger partial charge in [0.2, 0.25) is 0 Å². The summed E-state index contributed by atoms with van der Waals surface area (Å²) in [4.78, 5) is 2.91. The predicted octanol–water partition coefficient (Wildman–Crippen LogP) is 1.46. The Morgan fingerprint density at radius 2 is 1.00 bits per heavy atom. The summed E-state index contributed by atoms with van der Waals surface area (Å²) in [6, 6.07) is 14.3. The van der Waals surface area contributed by atoms with Crippen LogP contribution < -0.4 is 9.77 Å². The van der Waals surface area contributed by atoms with Crippen LogP contribution in [0.2, 0.25) is 0 Å². The van der Waals surface area contributed by atoms with E-state index in [9.17, 15) is 21.4 Å². The lowest BCUT2D eigenvalue weighted by Gasteiger charge is -2.01. The van der Waals surface area contributed by atoms with Gasteiger partial charge in [0.25, 0.3) is 20.0 Å². The van der Waals surface area contributed by atoms with Crippen molar-refractivity contribution < 1.29 is 30.6 Å². The molecule has 2 aromatic rings. The van der Waals surface area contributed by atoms with Gasteiger partial charge in [-0.1, -0.05) is 36.4 Å². The fourth-order valence-electron chi connectivity index (χ4n) is 1.47. The molecule has 0 unspecified atom stereocenters. The van der Waals surface area contributed by atoms with E-state index in [4.69, 9.17) is 0 Å². The van der Waals surface area contributed by atoms with Crippen LogP contribution in [0.3, 0.4) is 0 Å². The van der Waals surface area contributed by atoms with Crippen LogP contribution in [0.1, 0.15) is 0 Å². The smallest absolute Gasteiger partial charge is 0.205 e. The normalized spacial score (nSPS) is 12.0. The van der Waals surface area contributed by atoms with Gasteiger partial charge in [-0.3, -0.25) is 0 Å². The molecule has 0 saturated heterocycles. The average molecular weight is 391 g/mol.